The molecule has 0 aromatic carbocycles. The van der Waals surface area contributed by atoms with E-state index in [-0.39, 0.29) is 12.5 Å². The van der Waals surface area contributed by atoms with Crippen LogP contribution in [0, 0.1) is 0 Å². The van der Waals surface area contributed by atoms with Gasteiger partial charge in [-0.3, -0.25) is 4.79 Å². The van der Waals surface area contributed by atoms with Crippen LogP contribution < -0.4 is 5.32 Å². The number of aliphatic hydroxyl groups excluding tert-OH is 2. The molecule has 0 saturated carbocycles. The summed E-state index contributed by atoms with van der Waals surface area (Å²) in [5.74, 6) is -0.0754. The van der Waals surface area contributed by atoms with Crippen molar-refractivity contribution in [2.75, 3.05) is 6.61 Å². The van der Waals surface area contributed by atoms with Gasteiger partial charge < -0.3 is 15.5 Å². The third-order valence-electron chi connectivity index (χ3n) is 11.8. The Bertz CT molecular complexity index is 866. The van der Waals surface area contributed by atoms with Crippen LogP contribution in [0.1, 0.15) is 277 Å². The van der Waals surface area contributed by atoms with Gasteiger partial charge in [-0.25, -0.2) is 0 Å². The van der Waals surface area contributed by atoms with Crippen LogP contribution in [0.2, 0.25) is 0 Å². The highest BCUT2D eigenvalue weighted by Crippen LogP contribution is 2.16. The van der Waals surface area contributed by atoms with Gasteiger partial charge in [-0.05, 0) is 57.8 Å². The second-order valence-corrected chi connectivity index (χ2v) is 17.6. The lowest BCUT2D eigenvalue weighted by Crippen LogP contribution is -2.45. The highest BCUT2D eigenvalue weighted by atomic mass is 16.3. The van der Waals surface area contributed by atoms with Crippen LogP contribution in [0.5, 0.6) is 0 Å². The summed E-state index contributed by atoms with van der Waals surface area (Å²) in [6, 6.07) is -0.641. The zero-order chi connectivity index (χ0) is 41.4. The minimum absolute atomic E-state index is 0.0754. The Labute approximate surface area is 357 Å². The van der Waals surface area contributed by atoms with Crippen molar-refractivity contribution in [2.24, 2.45) is 0 Å². The molecule has 0 rings (SSSR count). The molecule has 0 aromatic heterocycles. The summed E-state index contributed by atoms with van der Waals surface area (Å²) >= 11 is 0. The normalized spacial score (nSPS) is 13.1. The number of amides is 1. The van der Waals surface area contributed by atoms with Crippen molar-refractivity contribution in [3.05, 3.63) is 36.5 Å². The van der Waals surface area contributed by atoms with Crippen LogP contribution in [0.15, 0.2) is 36.5 Å². The number of nitrogens with one attached hydrogen (secondary N) is 1. The zero-order valence-corrected chi connectivity index (χ0v) is 38.6. The van der Waals surface area contributed by atoms with E-state index in [1.807, 2.05) is 6.08 Å². The molecule has 1 amide bonds. The molecule has 2 unspecified atom stereocenters. The molecule has 0 heterocycles. The number of rotatable bonds is 47. The van der Waals surface area contributed by atoms with Crippen molar-refractivity contribution in [3.8, 4) is 0 Å². The van der Waals surface area contributed by atoms with Gasteiger partial charge in [-0.2, -0.15) is 0 Å². The first-order chi connectivity index (χ1) is 28.2. The van der Waals surface area contributed by atoms with Gasteiger partial charge in [0.1, 0.15) is 0 Å². The maximum absolute atomic E-state index is 12.4. The largest absolute Gasteiger partial charge is 0.394 e. The first kappa shape index (κ1) is 55.6. The summed E-state index contributed by atoms with van der Waals surface area (Å²) in [5.41, 5.74) is 0. The van der Waals surface area contributed by atoms with E-state index in [0.717, 1.165) is 32.1 Å². The molecule has 0 aliphatic heterocycles. The van der Waals surface area contributed by atoms with E-state index in [1.165, 1.54) is 225 Å². The SMILES string of the molecule is CCCCCCCCCCCC/C=C\CCCCCCCCCC(=O)NC(CO)C(O)/C=C/CC/C=C/CCCCCCCCCCCCCCCCCCCC. The van der Waals surface area contributed by atoms with Crippen molar-refractivity contribution < 1.29 is 15.0 Å². The predicted octanol–water partition coefficient (Wildman–Crippen LogP) is 16.5. The van der Waals surface area contributed by atoms with E-state index in [1.54, 1.807) is 6.08 Å². The summed E-state index contributed by atoms with van der Waals surface area (Å²) in [7, 11) is 0. The predicted molar refractivity (Wildman–Crippen MR) is 253 cm³/mol. The first-order valence-electron chi connectivity index (χ1n) is 25.7. The zero-order valence-electron chi connectivity index (χ0n) is 38.6. The van der Waals surface area contributed by atoms with Crippen molar-refractivity contribution >= 4 is 5.91 Å². The Morgan fingerprint density at radius 3 is 1.02 bits per heavy atom. The van der Waals surface area contributed by atoms with Gasteiger partial charge in [0.2, 0.25) is 5.91 Å². The Balaban J connectivity index is 3.56. The fourth-order valence-electron chi connectivity index (χ4n) is 7.90. The van der Waals surface area contributed by atoms with Crippen LogP contribution in [0.25, 0.3) is 0 Å². The lowest BCUT2D eigenvalue weighted by molar-refractivity contribution is -0.123. The minimum Gasteiger partial charge on any atom is -0.394 e. The van der Waals surface area contributed by atoms with E-state index < -0.39 is 12.1 Å². The number of hydrogen-bond donors (Lipinski definition) is 3. The number of carbonyl (C=O) groups is 1. The minimum atomic E-state index is -0.864. The standard InChI is InChI=1S/C53H101NO3/c1-3-5-7-9-11-13-15-17-19-21-23-25-26-27-29-30-32-34-36-38-40-42-44-46-48-52(56)51(50-55)54-53(57)49-47-45-43-41-39-37-35-33-31-28-24-22-20-18-16-14-12-10-8-6-4-2/h28,31,38,40,46,48,51-52,55-56H,3-27,29-30,32-37,39,41-45,47,49-50H2,1-2H3,(H,54,57)/b31-28-,40-38+,48-46+. The van der Waals surface area contributed by atoms with E-state index in [2.05, 4.69) is 43.5 Å². The van der Waals surface area contributed by atoms with Crippen molar-refractivity contribution in [1.29, 1.82) is 0 Å². The molecule has 336 valence electrons. The molecule has 0 saturated heterocycles. The van der Waals surface area contributed by atoms with Gasteiger partial charge in [0.15, 0.2) is 0 Å². The lowest BCUT2D eigenvalue weighted by atomic mass is 10.0. The second kappa shape index (κ2) is 49.0. The third-order valence-corrected chi connectivity index (χ3v) is 11.8. The number of hydrogen-bond acceptors (Lipinski definition) is 3. The van der Waals surface area contributed by atoms with Crippen LogP contribution in [-0.2, 0) is 4.79 Å². The Morgan fingerprint density at radius 1 is 0.404 bits per heavy atom. The molecule has 57 heavy (non-hydrogen) atoms. The molecule has 0 aliphatic carbocycles. The van der Waals surface area contributed by atoms with Gasteiger partial charge in [0, 0.05) is 6.42 Å². The molecular weight excluding hydrogens is 699 g/mol. The first-order valence-corrected chi connectivity index (χ1v) is 25.7. The Morgan fingerprint density at radius 2 is 0.684 bits per heavy atom. The summed E-state index contributed by atoms with van der Waals surface area (Å²) in [6.07, 6.45) is 65.7. The van der Waals surface area contributed by atoms with Gasteiger partial charge in [0.25, 0.3) is 0 Å². The van der Waals surface area contributed by atoms with E-state index in [9.17, 15) is 15.0 Å². The highest BCUT2D eigenvalue weighted by molar-refractivity contribution is 5.76. The van der Waals surface area contributed by atoms with Crippen LogP contribution >= 0.6 is 0 Å². The quantitative estimate of drug-likeness (QED) is 0.0424. The monoisotopic (exact) mass is 800 g/mol. The molecule has 0 bridgehead atoms. The molecule has 0 fully saturated rings. The van der Waals surface area contributed by atoms with Crippen molar-refractivity contribution in [1.82, 2.24) is 5.32 Å². The van der Waals surface area contributed by atoms with Crippen LogP contribution in [0.4, 0.5) is 0 Å². The number of unbranched alkanes of at least 4 members (excludes halogenated alkanes) is 36. The molecule has 0 radical (unpaired) electrons. The number of carbonyl (C=O) groups excluding carboxylic acids is 1. The van der Waals surface area contributed by atoms with E-state index >= 15 is 0 Å². The molecule has 4 nitrogen and oxygen atoms in total. The summed E-state index contributed by atoms with van der Waals surface area (Å²) < 4.78 is 0. The molecule has 4 heteroatoms. The average molecular weight is 800 g/mol. The van der Waals surface area contributed by atoms with Crippen LogP contribution in [-0.4, -0.2) is 34.9 Å². The van der Waals surface area contributed by atoms with Gasteiger partial charge in [0.05, 0.1) is 18.8 Å². The molecule has 0 aliphatic rings. The maximum Gasteiger partial charge on any atom is 0.220 e. The summed E-state index contributed by atoms with van der Waals surface area (Å²) in [6.45, 7) is 4.32. The Kier molecular flexibility index (Phi) is 47.8. The van der Waals surface area contributed by atoms with Crippen molar-refractivity contribution in [2.45, 2.75) is 289 Å². The third kappa shape index (κ3) is 45.5. The number of aliphatic hydroxyl groups is 2. The summed E-state index contributed by atoms with van der Waals surface area (Å²) in [4.78, 5) is 12.4. The summed E-state index contributed by atoms with van der Waals surface area (Å²) in [5, 5.41) is 23.1. The Hall–Kier alpha value is -1.39. The fourth-order valence-corrected chi connectivity index (χ4v) is 7.90. The van der Waals surface area contributed by atoms with E-state index in [4.69, 9.17) is 0 Å². The van der Waals surface area contributed by atoms with Gasteiger partial charge in [-0.1, -0.05) is 249 Å². The van der Waals surface area contributed by atoms with Gasteiger partial charge in [-0.15, -0.1) is 0 Å². The average Bonchev–Trinajstić information content (AvgIpc) is 3.22. The molecule has 3 N–H and O–H groups in total. The molecular formula is C53H101NO3. The van der Waals surface area contributed by atoms with E-state index in [0.29, 0.717) is 6.42 Å². The number of allylic oxidation sites excluding steroid dienone is 5. The fraction of sp³-hybridized carbons (Fsp3) is 0.868. The maximum atomic E-state index is 12.4. The van der Waals surface area contributed by atoms with Gasteiger partial charge >= 0.3 is 0 Å². The van der Waals surface area contributed by atoms with Crippen molar-refractivity contribution in [3.63, 3.8) is 0 Å². The topological polar surface area (TPSA) is 69.6 Å². The molecule has 2 atom stereocenters. The second-order valence-electron chi connectivity index (χ2n) is 17.6. The molecule has 0 aromatic rings. The lowest BCUT2D eigenvalue weighted by Gasteiger charge is -2.19. The van der Waals surface area contributed by atoms with Crippen LogP contribution in [0.3, 0.4) is 0 Å². The molecule has 0 spiro atoms. The smallest absolute Gasteiger partial charge is 0.220 e. The highest BCUT2D eigenvalue weighted by Gasteiger charge is 2.17.